The molecule has 76 valence electrons. The summed E-state index contributed by atoms with van der Waals surface area (Å²) in [4.78, 5) is 0. The van der Waals surface area contributed by atoms with Crippen molar-refractivity contribution < 1.29 is 13.9 Å². The first-order valence-electron chi connectivity index (χ1n) is 4.54. The molecule has 1 N–H and O–H groups in total. The minimum Gasteiger partial charge on any atom is -0.385 e. The van der Waals surface area contributed by atoms with E-state index in [1.54, 1.807) is 6.08 Å². The van der Waals surface area contributed by atoms with E-state index in [1.165, 1.54) is 6.08 Å². The van der Waals surface area contributed by atoms with Crippen LogP contribution in [0, 0.1) is 0 Å². The summed E-state index contributed by atoms with van der Waals surface area (Å²) >= 11 is 0. The molecule has 0 aromatic rings. The van der Waals surface area contributed by atoms with Gasteiger partial charge in [0.1, 0.15) is 0 Å². The summed E-state index contributed by atoms with van der Waals surface area (Å²) in [7, 11) is 0. The summed E-state index contributed by atoms with van der Waals surface area (Å²) in [6.45, 7) is 2.10. The van der Waals surface area contributed by atoms with Crippen LogP contribution in [0.15, 0.2) is 24.3 Å². The Bertz CT molecular complexity index is 172. The molecule has 0 saturated heterocycles. The average Bonchev–Trinajstić information content (AvgIpc) is 2.02. The molecule has 1 unspecified atom stereocenters. The van der Waals surface area contributed by atoms with E-state index in [4.69, 9.17) is 5.11 Å². The van der Waals surface area contributed by atoms with Crippen LogP contribution in [0.25, 0.3) is 0 Å². The van der Waals surface area contributed by atoms with Crippen LogP contribution in [-0.2, 0) is 0 Å². The van der Waals surface area contributed by atoms with Gasteiger partial charge in [-0.1, -0.05) is 31.9 Å². The lowest BCUT2D eigenvalue weighted by Crippen LogP contribution is -1.96. The van der Waals surface area contributed by atoms with Gasteiger partial charge in [0.05, 0.1) is 6.10 Å². The second-order valence-corrected chi connectivity index (χ2v) is 2.87. The number of allylic oxidation sites excluding steroid dienone is 1. The molecule has 3 heteroatoms. The van der Waals surface area contributed by atoms with E-state index in [-0.39, 0.29) is 0 Å². The van der Waals surface area contributed by atoms with Crippen molar-refractivity contribution in [3.8, 4) is 0 Å². The average molecular weight is 190 g/mol. The van der Waals surface area contributed by atoms with E-state index < -0.39 is 12.2 Å². The van der Waals surface area contributed by atoms with Crippen LogP contribution in [0.5, 0.6) is 0 Å². The van der Waals surface area contributed by atoms with Gasteiger partial charge in [-0.15, -0.1) is 0 Å². The quantitative estimate of drug-likeness (QED) is 0.503. The lowest BCUT2D eigenvalue weighted by molar-refractivity contribution is 0.261. The van der Waals surface area contributed by atoms with Crippen molar-refractivity contribution in [2.75, 3.05) is 0 Å². The minimum absolute atomic E-state index is 0.524. The molecule has 0 radical (unpaired) electrons. The van der Waals surface area contributed by atoms with Gasteiger partial charge >= 0.3 is 0 Å². The topological polar surface area (TPSA) is 20.2 Å². The van der Waals surface area contributed by atoms with Crippen molar-refractivity contribution in [3.63, 3.8) is 0 Å². The second kappa shape index (κ2) is 7.92. The molecular weight excluding hydrogens is 174 g/mol. The Hall–Kier alpha value is -0.700. The molecule has 0 fully saturated rings. The molecule has 0 aromatic heterocycles. The zero-order valence-corrected chi connectivity index (χ0v) is 7.84. The van der Waals surface area contributed by atoms with Gasteiger partial charge in [0, 0.05) is 6.08 Å². The van der Waals surface area contributed by atoms with Crippen molar-refractivity contribution in [1.29, 1.82) is 0 Å². The fourth-order valence-electron chi connectivity index (χ4n) is 0.932. The first kappa shape index (κ1) is 12.3. The standard InChI is InChI=1S/C10H16F2O/c1-2-3-4-5-6-7-9(13)8-10(11)12/h6-9,13H,2-5H2,1H3/b7-6+. The van der Waals surface area contributed by atoms with Gasteiger partial charge in [0.15, 0.2) is 0 Å². The van der Waals surface area contributed by atoms with E-state index in [0.29, 0.717) is 6.08 Å². The monoisotopic (exact) mass is 190 g/mol. The number of aliphatic hydroxyl groups excluding tert-OH is 1. The van der Waals surface area contributed by atoms with Crippen LogP contribution in [0.2, 0.25) is 0 Å². The summed E-state index contributed by atoms with van der Waals surface area (Å²) in [5.74, 6) is 0. The third kappa shape index (κ3) is 9.21. The van der Waals surface area contributed by atoms with E-state index in [1.807, 2.05) is 0 Å². The maximum Gasteiger partial charge on any atom is 0.269 e. The Morgan fingerprint density at radius 2 is 2.08 bits per heavy atom. The molecule has 0 amide bonds. The largest absolute Gasteiger partial charge is 0.385 e. The van der Waals surface area contributed by atoms with Gasteiger partial charge in [0.25, 0.3) is 6.08 Å². The lowest BCUT2D eigenvalue weighted by Gasteiger charge is -1.96. The van der Waals surface area contributed by atoms with E-state index in [0.717, 1.165) is 25.7 Å². The van der Waals surface area contributed by atoms with Gasteiger partial charge < -0.3 is 5.11 Å². The first-order valence-corrected chi connectivity index (χ1v) is 4.54. The highest BCUT2D eigenvalue weighted by atomic mass is 19.3. The molecule has 0 spiro atoms. The van der Waals surface area contributed by atoms with Crippen LogP contribution in [-0.4, -0.2) is 11.2 Å². The maximum absolute atomic E-state index is 11.6. The van der Waals surface area contributed by atoms with Crippen LogP contribution >= 0.6 is 0 Å². The molecule has 0 aliphatic carbocycles. The molecule has 1 atom stereocenters. The Morgan fingerprint density at radius 3 is 2.62 bits per heavy atom. The van der Waals surface area contributed by atoms with Gasteiger partial charge in [-0.2, -0.15) is 8.78 Å². The van der Waals surface area contributed by atoms with Gasteiger partial charge in [-0.05, 0) is 12.8 Å². The summed E-state index contributed by atoms with van der Waals surface area (Å²) < 4.78 is 23.2. The minimum atomic E-state index is -1.84. The summed E-state index contributed by atoms with van der Waals surface area (Å²) in [6.07, 6.45) is 4.81. The highest BCUT2D eigenvalue weighted by Gasteiger charge is 1.96. The number of halogens is 2. The summed E-state index contributed by atoms with van der Waals surface area (Å²) in [5, 5.41) is 8.93. The number of hydrogen-bond acceptors (Lipinski definition) is 1. The van der Waals surface area contributed by atoms with Crippen LogP contribution in [0.1, 0.15) is 32.6 Å². The molecular formula is C10H16F2O. The van der Waals surface area contributed by atoms with Gasteiger partial charge in [0.2, 0.25) is 0 Å². The third-order valence-electron chi connectivity index (χ3n) is 1.60. The third-order valence-corrected chi connectivity index (χ3v) is 1.60. The Kier molecular flexibility index (Phi) is 7.50. The molecule has 1 nitrogen and oxygen atoms in total. The lowest BCUT2D eigenvalue weighted by atomic mass is 10.2. The highest BCUT2D eigenvalue weighted by Crippen LogP contribution is 2.03. The summed E-state index contributed by atoms with van der Waals surface area (Å²) in [6, 6.07) is 0. The summed E-state index contributed by atoms with van der Waals surface area (Å²) in [5.41, 5.74) is 0. The van der Waals surface area contributed by atoms with Crippen molar-refractivity contribution in [2.45, 2.75) is 38.7 Å². The number of aliphatic hydroxyl groups is 1. The molecule has 0 aliphatic rings. The zero-order valence-electron chi connectivity index (χ0n) is 7.84. The molecule has 0 saturated carbocycles. The second-order valence-electron chi connectivity index (χ2n) is 2.87. The molecule has 0 rings (SSSR count). The van der Waals surface area contributed by atoms with E-state index in [9.17, 15) is 8.78 Å². The smallest absolute Gasteiger partial charge is 0.269 e. The maximum atomic E-state index is 11.6. The normalized spacial score (nSPS) is 13.2. The Labute approximate surface area is 77.8 Å². The van der Waals surface area contributed by atoms with Gasteiger partial charge in [-0.25, -0.2) is 0 Å². The highest BCUT2D eigenvalue weighted by molar-refractivity contribution is 5.01. The Morgan fingerprint density at radius 1 is 1.38 bits per heavy atom. The van der Waals surface area contributed by atoms with E-state index in [2.05, 4.69) is 6.92 Å². The molecule has 13 heavy (non-hydrogen) atoms. The van der Waals surface area contributed by atoms with Crippen molar-refractivity contribution in [2.24, 2.45) is 0 Å². The van der Waals surface area contributed by atoms with Crippen LogP contribution in [0.3, 0.4) is 0 Å². The molecule has 0 aliphatic heterocycles. The molecule has 0 bridgehead atoms. The van der Waals surface area contributed by atoms with Gasteiger partial charge in [-0.3, -0.25) is 0 Å². The van der Waals surface area contributed by atoms with Crippen molar-refractivity contribution in [3.05, 3.63) is 24.3 Å². The zero-order chi connectivity index (χ0) is 10.1. The van der Waals surface area contributed by atoms with Crippen molar-refractivity contribution in [1.82, 2.24) is 0 Å². The predicted octanol–water partition coefficient (Wildman–Crippen LogP) is 3.26. The van der Waals surface area contributed by atoms with Crippen molar-refractivity contribution >= 4 is 0 Å². The molecule has 0 heterocycles. The fourth-order valence-corrected chi connectivity index (χ4v) is 0.932. The number of unbranched alkanes of at least 4 members (excludes halogenated alkanes) is 3. The Balaban J connectivity index is 3.54. The fraction of sp³-hybridized carbons (Fsp3) is 0.600. The van der Waals surface area contributed by atoms with Crippen LogP contribution < -0.4 is 0 Å². The first-order chi connectivity index (χ1) is 6.16. The molecule has 0 aromatic carbocycles. The van der Waals surface area contributed by atoms with E-state index >= 15 is 0 Å². The SMILES string of the molecule is CCCCC/C=C/C(O)C=C(F)F. The van der Waals surface area contributed by atoms with Crippen LogP contribution in [0.4, 0.5) is 8.78 Å². The number of rotatable bonds is 6. The number of hydrogen-bond donors (Lipinski definition) is 1. The predicted molar refractivity (Wildman–Crippen MR) is 49.6 cm³/mol.